The number of anilines is 1. The number of carbonyl (C=O) groups is 1. The molecular formula is C22H17FN6O4S. The highest BCUT2D eigenvalue weighted by atomic mass is 32.1. The first-order chi connectivity index (χ1) is 16.2. The number of fused-ring (bicyclic) bond motifs is 1. The second-order valence-corrected chi connectivity index (χ2v) is 7.58. The van der Waals surface area contributed by atoms with E-state index in [1.807, 2.05) is 6.92 Å². The first kappa shape index (κ1) is 22.7. The molecule has 0 fully saturated rings. The molecule has 1 amide bonds. The van der Waals surface area contributed by atoms with Gasteiger partial charge in [0.2, 0.25) is 0 Å². The van der Waals surface area contributed by atoms with Crippen molar-refractivity contribution in [3.63, 3.8) is 0 Å². The molecule has 4 rings (SSSR count). The van der Waals surface area contributed by atoms with Crippen LogP contribution in [0.2, 0.25) is 0 Å². The Labute approximate surface area is 197 Å². The summed E-state index contributed by atoms with van der Waals surface area (Å²) in [6, 6.07) is 13.1. The van der Waals surface area contributed by atoms with E-state index in [9.17, 15) is 19.3 Å². The van der Waals surface area contributed by atoms with E-state index in [4.69, 9.17) is 17.0 Å². The van der Waals surface area contributed by atoms with E-state index in [2.05, 4.69) is 20.8 Å². The van der Waals surface area contributed by atoms with Crippen molar-refractivity contribution >= 4 is 45.6 Å². The number of aromatic nitrogens is 3. The Morgan fingerprint density at radius 3 is 2.44 bits per heavy atom. The van der Waals surface area contributed by atoms with Crippen molar-refractivity contribution in [1.29, 1.82) is 0 Å². The van der Waals surface area contributed by atoms with Gasteiger partial charge < -0.3 is 10.1 Å². The fraction of sp³-hybridized carbons (Fsp3) is 0.0909. The normalized spacial score (nSPS) is 10.7. The summed E-state index contributed by atoms with van der Waals surface area (Å²) in [5.74, 6) is -0.938. The highest BCUT2D eigenvalue weighted by molar-refractivity contribution is 7.80. The molecule has 0 aliphatic heterocycles. The summed E-state index contributed by atoms with van der Waals surface area (Å²) in [6.45, 7) is 1.83. The van der Waals surface area contributed by atoms with Crippen molar-refractivity contribution in [2.75, 3.05) is 12.4 Å². The summed E-state index contributed by atoms with van der Waals surface area (Å²) in [6.07, 6.45) is 0. The minimum Gasteiger partial charge on any atom is -0.490 e. The van der Waals surface area contributed by atoms with Gasteiger partial charge in [-0.3, -0.25) is 20.2 Å². The molecule has 0 aliphatic rings. The Morgan fingerprint density at radius 2 is 1.79 bits per heavy atom. The molecule has 34 heavy (non-hydrogen) atoms. The van der Waals surface area contributed by atoms with Gasteiger partial charge in [0, 0.05) is 17.3 Å². The van der Waals surface area contributed by atoms with Crippen molar-refractivity contribution in [3.05, 3.63) is 81.7 Å². The van der Waals surface area contributed by atoms with E-state index in [0.29, 0.717) is 22.4 Å². The fourth-order valence-corrected chi connectivity index (χ4v) is 3.40. The number of carbonyl (C=O) groups excluding carboxylic acids is 1. The molecule has 12 heteroatoms. The van der Waals surface area contributed by atoms with Crippen LogP contribution in [0.5, 0.6) is 5.75 Å². The van der Waals surface area contributed by atoms with Gasteiger partial charge in [-0.15, -0.1) is 10.2 Å². The number of nitrogens with one attached hydrogen (secondary N) is 2. The summed E-state index contributed by atoms with van der Waals surface area (Å²) >= 11 is 5.24. The number of rotatable bonds is 5. The Balaban J connectivity index is 1.52. The number of methoxy groups -OCH3 is 1. The molecule has 4 aromatic rings. The largest absolute Gasteiger partial charge is 0.490 e. The number of nitro benzene ring substituents is 1. The highest BCUT2D eigenvalue weighted by Crippen LogP contribution is 2.27. The van der Waals surface area contributed by atoms with Gasteiger partial charge in [-0.2, -0.15) is 4.80 Å². The summed E-state index contributed by atoms with van der Waals surface area (Å²) in [5, 5.41) is 25.4. The number of thiocarbonyl (C=S) groups is 1. The smallest absolute Gasteiger partial charge is 0.311 e. The molecule has 0 radical (unpaired) electrons. The molecule has 0 bridgehead atoms. The number of nitro groups is 1. The van der Waals surface area contributed by atoms with Gasteiger partial charge in [-0.05, 0) is 73.2 Å². The molecule has 0 spiro atoms. The maximum atomic E-state index is 13.2. The summed E-state index contributed by atoms with van der Waals surface area (Å²) in [5.41, 5.74) is 2.86. The van der Waals surface area contributed by atoms with Gasteiger partial charge in [0.25, 0.3) is 5.91 Å². The van der Waals surface area contributed by atoms with Crippen LogP contribution in [-0.2, 0) is 0 Å². The maximum absolute atomic E-state index is 13.2. The molecule has 0 atom stereocenters. The van der Waals surface area contributed by atoms with Crippen molar-refractivity contribution in [1.82, 2.24) is 20.3 Å². The second kappa shape index (κ2) is 9.19. The zero-order chi connectivity index (χ0) is 24.4. The minimum atomic E-state index is -0.635. The van der Waals surface area contributed by atoms with Crippen LogP contribution in [-0.4, -0.2) is 38.0 Å². The molecule has 2 N–H and O–H groups in total. The zero-order valence-electron chi connectivity index (χ0n) is 17.9. The van der Waals surface area contributed by atoms with Crippen LogP contribution in [0.3, 0.4) is 0 Å². The van der Waals surface area contributed by atoms with Crippen LogP contribution in [0.15, 0.2) is 54.6 Å². The Bertz CT molecular complexity index is 1440. The standard InChI is InChI=1S/C22H17FN6O4S/c1-12-9-17-18(27-28(26-17)15-6-4-14(23)5-7-15)11-16(12)24-22(34)25-21(30)13-3-8-20(33-2)19(10-13)29(31)32/h3-11H,1-2H3,(H2,24,25,30,34). The van der Waals surface area contributed by atoms with Gasteiger partial charge >= 0.3 is 5.69 Å². The minimum absolute atomic E-state index is 0.00292. The lowest BCUT2D eigenvalue weighted by Crippen LogP contribution is -2.34. The second-order valence-electron chi connectivity index (χ2n) is 7.17. The SMILES string of the molecule is COc1ccc(C(=O)NC(=S)Nc2cc3nn(-c4ccc(F)cc4)nc3cc2C)cc1[N+](=O)[O-]. The molecule has 1 heterocycles. The third-order valence-electron chi connectivity index (χ3n) is 4.90. The predicted molar refractivity (Wildman–Crippen MR) is 127 cm³/mol. The lowest BCUT2D eigenvalue weighted by Gasteiger charge is -2.12. The van der Waals surface area contributed by atoms with Crippen molar-refractivity contribution in [2.24, 2.45) is 0 Å². The van der Waals surface area contributed by atoms with Crippen LogP contribution in [0.25, 0.3) is 16.7 Å². The zero-order valence-corrected chi connectivity index (χ0v) is 18.7. The lowest BCUT2D eigenvalue weighted by atomic mass is 10.1. The summed E-state index contributed by atoms with van der Waals surface area (Å²) in [4.78, 5) is 24.5. The average Bonchev–Trinajstić information content (AvgIpc) is 3.21. The molecule has 0 unspecified atom stereocenters. The molecule has 0 saturated heterocycles. The van der Waals surface area contributed by atoms with Gasteiger partial charge in [-0.1, -0.05) is 0 Å². The number of halogens is 1. The van der Waals surface area contributed by atoms with Gasteiger partial charge in [0.15, 0.2) is 10.9 Å². The van der Waals surface area contributed by atoms with Crippen molar-refractivity contribution in [2.45, 2.75) is 6.92 Å². The number of ether oxygens (including phenoxy) is 1. The van der Waals surface area contributed by atoms with E-state index in [1.165, 1.54) is 36.2 Å². The number of hydrogen-bond acceptors (Lipinski definition) is 7. The van der Waals surface area contributed by atoms with Crippen LogP contribution in [0.1, 0.15) is 15.9 Å². The quantitative estimate of drug-likeness (QED) is 0.250. The van der Waals surface area contributed by atoms with Crippen LogP contribution < -0.4 is 15.4 Å². The Kier molecular flexibility index (Phi) is 6.15. The first-order valence-corrected chi connectivity index (χ1v) is 10.2. The van der Waals surface area contributed by atoms with E-state index in [0.717, 1.165) is 11.6 Å². The number of benzene rings is 3. The van der Waals surface area contributed by atoms with E-state index in [1.54, 1.807) is 24.3 Å². The predicted octanol–water partition coefficient (Wildman–Crippen LogP) is 3.91. The van der Waals surface area contributed by atoms with Crippen LogP contribution in [0.4, 0.5) is 15.8 Å². The number of amides is 1. The highest BCUT2D eigenvalue weighted by Gasteiger charge is 2.19. The van der Waals surface area contributed by atoms with Gasteiger partial charge in [0.05, 0.1) is 17.7 Å². The number of hydrogen-bond donors (Lipinski definition) is 2. The summed E-state index contributed by atoms with van der Waals surface area (Å²) < 4.78 is 18.1. The molecule has 3 aromatic carbocycles. The monoisotopic (exact) mass is 480 g/mol. The third-order valence-corrected chi connectivity index (χ3v) is 5.10. The van der Waals surface area contributed by atoms with E-state index >= 15 is 0 Å². The average molecular weight is 480 g/mol. The van der Waals surface area contributed by atoms with Crippen LogP contribution in [0, 0.1) is 22.9 Å². The Morgan fingerprint density at radius 1 is 1.12 bits per heavy atom. The topological polar surface area (TPSA) is 124 Å². The Hall–Kier alpha value is -4.45. The van der Waals surface area contributed by atoms with Gasteiger partial charge in [-0.25, -0.2) is 4.39 Å². The fourth-order valence-electron chi connectivity index (χ4n) is 3.20. The lowest BCUT2D eigenvalue weighted by molar-refractivity contribution is -0.385. The molecule has 10 nitrogen and oxygen atoms in total. The van der Waals surface area contributed by atoms with E-state index in [-0.39, 0.29) is 27.9 Å². The number of aryl methyl sites for hydroxylation is 1. The molecule has 1 aromatic heterocycles. The van der Waals surface area contributed by atoms with Gasteiger partial charge in [0.1, 0.15) is 16.9 Å². The third kappa shape index (κ3) is 4.66. The first-order valence-electron chi connectivity index (χ1n) is 9.83. The molecular weight excluding hydrogens is 463 g/mol. The van der Waals surface area contributed by atoms with Crippen LogP contribution >= 0.6 is 12.2 Å². The van der Waals surface area contributed by atoms with Crippen molar-refractivity contribution < 1.29 is 18.8 Å². The summed E-state index contributed by atoms with van der Waals surface area (Å²) in [7, 11) is 1.30. The molecule has 0 saturated carbocycles. The van der Waals surface area contributed by atoms with E-state index < -0.39 is 10.8 Å². The van der Waals surface area contributed by atoms with Crippen molar-refractivity contribution in [3.8, 4) is 11.4 Å². The molecule has 0 aliphatic carbocycles. The molecule has 172 valence electrons. The maximum Gasteiger partial charge on any atom is 0.311 e. The number of nitrogens with zero attached hydrogens (tertiary/aromatic N) is 4.